The molecule has 3 rings (SSSR count). The van der Waals surface area contributed by atoms with E-state index in [0.717, 1.165) is 9.87 Å². The zero-order chi connectivity index (χ0) is 30.0. The van der Waals surface area contributed by atoms with Gasteiger partial charge in [0.25, 0.3) is 15.7 Å². The van der Waals surface area contributed by atoms with Gasteiger partial charge in [-0.2, -0.15) is 0 Å². The topological polar surface area (TPSA) is 130 Å². The van der Waals surface area contributed by atoms with Gasteiger partial charge in [-0.3, -0.25) is 24.0 Å². The van der Waals surface area contributed by atoms with Crippen molar-refractivity contribution in [3.8, 4) is 0 Å². The Kier molecular flexibility index (Phi) is 11.0. The van der Waals surface area contributed by atoms with Crippen molar-refractivity contribution in [2.45, 2.75) is 57.0 Å². The van der Waals surface area contributed by atoms with Crippen molar-refractivity contribution in [1.82, 2.24) is 10.2 Å². The molecule has 2 atom stereocenters. The quantitative estimate of drug-likeness (QED) is 0.220. The predicted octanol–water partition coefficient (Wildman–Crippen LogP) is 4.55. The zero-order valence-electron chi connectivity index (χ0n) is 23.5. The summed E-state index contributed by atoms with van der Waals surface area (Å²) in [6, 6.07) is 21.2. The summed E-state index contributed by atoms with van der Waals surface area (Å²) in [5.41, 5.74) is 0.842. The Balaban J connectivity index is 2.01. The number of carbonyl (C=O) groups is 2. The lowest BCUT2D eigenvalue weighted by Crippen LogP contribution is -2.54. The van der Waals surface area contributed by atoms with Crippen molar-refractivity contribution in [2.24, 2.45) is 0 Å². The van der Waals surface area contributed by atoms with Crippen LogP contribution in [0.25, 0.3) is 0 Å². The molecule has 0 aliphatic heterocycles. The van der Waals surface area contributed by atoms with Crippen LogP contribution in [0.1, 0.15) is 39.2 Å². The molecule has 1 N–H and O–H groups in total. The van der Waals surface area contributed by atoms with Crippen molar-refractivity contribution < 1.29 is 22.9 Å². The van der Waals surface area contributed by atoms with Crippen LogP contribution < -0.4 is 9.62 Å². The lowest BCUT2D eigenvalue weighted by molar-refractivity contribution is -0.384. The number of hydrogen-bond acceptors (Lipinski definition) is 6. The lowest BCUT2D eigenvalue weighted by atomic mass is 10.1. The first-order valence-corrected chi connectivity index (χ1v) is 15.0. The summed E-state index contributed by atoms with van der Waals surface area (Å²) in [7, 11) is -4.24. The number of benzene rings is 3. The molecule has 0 radical (unpaired) electrons. The highest BCUT2D eigenvalue weighted by molar-refractivity contribution is 7.92. The summed E-state index contributed by atoms with van der Waals surface area (Å²) >= 11 is 0. The Morgan fingerprint density at radius 1 is 0.902 bits per heavy atom. The van der Waals surface area contributed by atoms with Crippen LogP contribution in [0.4, 0.5) is 11.4 Å². The van der Waals surface area contributed by atoms with Gasteiger partial charge >= 0.3 is 0 Å². The molecule has 0 spiro atoms. The van der Waals surface area contributed by atoms with Gasteiger partial charge in [0.05, 0.1) is 15.5 Å². The Morgan fingerprint density at radius 3 is 2.02 bits per heavy atom. The number of anilines is 1. The third kappa shape index (κ3) is 8.14. The van der Waals surface area contributed by atoms with Gasteiger partial charge in [0, 0.05) is 24.7 Å². The molecular weight excluding hydrogens is 544 g/mol. The first-order chi connectivity index (χ1) is 19.6. The standard InChI is InChI=1S/C30H36N4O6S/c1-4-23(3)31-30(36)28(5-2)32(21-20-24-12-8-6-9-13-24)29(35)22-33(25-16-18-26(19-17-25)34(37)38)41(39,40)27-14-10-7-11-15-27/h6-19,23,28H,4-5,20-22H2,1-3H3,(H,31,36)/t23-,28+/m1/s1. The zero-order valence-corrected chi connectivity index (χ0v) is 24.3. The van der Waals surface area contributed by atoms with E-state index in [9.17, 15) is 28.1 Å². The maximum absolute atomic E-state index is 14.0. The fourth-order valence-electron chi connectivity index (χ4n) is 4.33. The molecule has 0 aliphatic carbocycles. The van der Waals surface area contributed by atoms with E-state index in [4.69, 9.17) is 0 Å². The number of nitrogens with zero attached hydrogens (tertiary/aromatic N) is 3. The highest BCUT2D eigenvalue weighted by Crippen LogP contribution is 2.26. The number of non-ortho nitro benzene ring substituents is 1. The van der Waals surface area contributed by atoms with Crippen LogP contribution in [0.2, 0.25) is 0 Å². The van der Waals surface area contributed by atoms with Gasteiger partial charge in [0.15, 0.2) is 0 Å². The van der Waals surface area contributed by atoms with E-state index < -0.39 is 33.4 Å². The highest BCUT2D eigenvalue weighted by atomic mass is 32.2. The minimum atomic E-state index is -4.24. The van der Waals surface area contributed by atoms with E-state index in [1.54, 1.807) is 25.1 Å². The average Bonchev–Trinajstić information content (AvgIpc) is 2.98. The molecule has 0 fully saturated rings. The number of sulfonamides is 1. The summed E-state index contributed by atoms with van der Waals surface area (Å²) in [4.78, 5) is 39.3. The maximum atomic E-state index is 14.0. The minimum absolute atomic E-state index is 0.0384. The number of rotatable bonds is 14. The van der Waals surface area contributed by atoms with E-state index >= 15 is 0 Å². The predicted molar refractivity (Wildman–Crippen MR) is 158 cm³/mol. The molecule has 0 saturated heterocycles. The molecule has 0 unspecified atom stereocenters. The molecule has 0 heterocycles. The first-order valence-electron chi connectivity index (χ1n) is 13.5. The molecule has 0 aromatic heterocycles. The molecule has 41 heavy (non-hydrogen) atoms. The van der Waals surface area contributed by atoms with E-state index in [-0.39, 0.29) is 34.8 Å². The third-order valence-electron chi connectivity index (χ3n) is 6.83. The third-order valence-corrected chi connectivity index (χ3v) is 8.62. The fraction of sp³-hybridized carbons (Fsp3) is 0.333. The van der Waals surface area contributed by atoms with E-state index in [1.165, 1.54) is 41.3 Å². The number of nitro groups is 1. The molecule has 0 aliphatic rings. The van der Waals surface area contributed by atoms with Crippen LogP contribution in [0, 0.1) is 10.1 Å². The molecule has 218 valence electrons. The van der Waals surface area contributed by atoms with Crippen molar-refractivity contribution in [3.63, 3.8) is 0 Å². The summed E-state index contributed by atoms with van der Waals surface area (Å²) in [6.07, 6.45) is 1.50. The first kappa shape index (κ1) is 31.3. The summed E-state index contributed by atoms with van der Waals surface area (Å²) in [5.74, 6) is -0.874. The molecule has 0 bridgehead atoms. The van der Waals surface area contributed by atoms with E-state index in [1.807, 2.05) is 44.2 Å². The van der Waals surface area contributed by atoms with Gasteiger partial charge in [0.1, 0.15) is 12.6 Å². The fourth-order valence-corrected chi connectivity index (χ4v) is 5.76. The number of nitrogens with one attached hydrogen (secondary N) is 1. The van der Waals surface area contributed by atoms with Crippen LogP contribution in [0.3, 0.4) is 0 Å². The Hall–Kier alpha value is -4.25. The van der Waals surface area contributed by atoms with Crippen molar-refractivity contribution in [2.75, 3.05) is 17.4 Å². The van der Waals surface area contributed by atoms with Gasteiger partial charge in [0.2, 0.25) is 11.8 Å². The Bertz CT molecular complexity index is 1420. The van der Waals surface area contributed by atoms with Crippen LogP contribution in [-0.2, 0) is 26.0 Å². The average molecular weight is 581 g/mol. The number of amides is 2. The minimum Gasteiger partial charge on any atom is -0.352 e. The summed E-state index contributed by atoms with van der Waals surface area (Å²) < 4.78 is 28.5. The van der Waals surface area contributed by atoms with E-state index in [2.05, 4.69) is 5.32 Å². The molecule has 0 saturated carbocycles. The molecule has 11 heteroatoms. The normalized spacial score (nSPS) is 12.7. The van der Waals surface area contributed by atoms with E-state index in [0.29, 0.717) is 19.3 Å². The second-order valence-electron chi connectivity index (χ2n) is 9.66. The van der Waals surface area contributed by atoms with Gasteiger partial charge in [-0.05, 0) is 56.0 Å². The highest BCUT2D eigenvalue weighted by Gasteiger charge is 2.33. The number of nitro benzene ring substituents is 1. The van der Waals surface area contributed by atoms with Gasteiger partial charge in [-0.1, -0.05) is 62.4 Å². The largest absolute Gasteiger partial charge is 0.352 e. The lowest BCUT2D eigenvalue weighted by Gasteiger charge is -2.33. The van der Waals surface area contributed by atoms with Gasteiger partial charge in [-0.15, -0.1) is 0 Å². The van der Waals surface area contributed by atoms with Crippen LogP contribution in [0.15, 0.2) is 89.8 Å². The summed E-state index contributed by atoms with van der Waals surface area (Å²) in [6.45, 7) is 5.22. The molecule has 3 aromatic carbocycles. The van der Waals surface area contributed by atoms with Crippen molar-refractivity contribution in [3.05, 3.63) is 101 Å². The van der Waals surface area contributed by atoms with Crippen LogP contribution in [-0.4, -0.2) is 55.2 Å². The maximum Gasteiger partial charge on any atom is 0.269 e. The van der Waals surface area contributed by atoms with Crippen LogP contribution >= 0.6 is 0 Å². The molecule has 3 aromatic rings. The smallest absolute Gasteiger partial charge is 0.269 e. The SMILES string of the molecule is CC[C@@H](C)NC(=O)[C@H](CC)N(CCc1ccccc1)C(=O)CN(c1ccc([N+](=O)[O-])cc1)S(=O)(=O)c1ccccc1. The monoisotopic (exact) mass is 580 g/mol. The van der Waals surface area contributed by atoms with Gasteiger partial charge < -0.3 is 10.2 Å². The molecular formula is C30H36N4O6S. The Morgan fingerprint density at radius 2 is 1.49 bits per heavy atom. The second kappa shape index (κ2) is 14.4. The van der Waals surface area contributed by atoms with Crippen molar-refractivity contribution >= 4 is 33.2 Å². The van der Waals surface area contributed by atoms with Crippen molar-refractivity contribution in [1.29, 1.82) is 0 Å². The van der Waals surface area contributed by atoms with Crippen LogP contribution in [0.5, 0.6) is 0 Å². The molecule has 2 amide bonds. The van der Waals surface area contributed by atoms with Gasteiger partial charge in [-0.25, -0.2) is 8.42 Å². The molecule has 10 nitrogen and oxygen atoms in total. The second-order valence-corrected chi connectivity index (χ2v) is 11.5. The number of carbonyl (C=O) groups excluding carboxylic acids is 2. The Labute approximate surface area is 241 Å². The number of hydrogen-bond donors (Lipinski definition) is 1. The summed E-state index contributed by atoms with van der Waals surface area (Å²) in [5, 5.41) is 14.1.